The molecular formula is C24H21NO4. The lowest BCUT2D eigenvalue weighted by Gasteiger charge is -2.28. The van der Waals surface area contributed by atoms with E-state index in [9.17, 15) is 4.79 Å². The molecule has 2 heterocycles. The van der Waals surface area contributed by atoms with Crippen molar-refractivity contribution in [2.75, 3.05) is 26.3 Å². The predicted molar refractivity (Wildman–Crippen MR) is 108 cm³/mol. The number of morpholine rings is 1. The molecule has 0 N–H and O–H groups in total. The Hall–Kier alpha value is -3.31. The largest absolute Gasteiger partial charge is 0.440 e. The number of carbonyl (C=O) groups is 1. The van der Waals surface area contributed by atoms with Crippen molar-refractivity contribution in [1.82, 2.24) is 4.90 Å². The quantitative estimate of drug-likeness (QED) is 0.685. The first-order valence-electron chi connectivity index (χ1n) is 9.76. The minimum absolute atomic E-state index is 0.0170. The topological polar surface area (TPSA) is 48.0 Å². The van der Waals surface area contributed by atoms with Gasteiger partial charge in [-0.25, -0.2) is 0 Å². The van der Waals surface area contributed by atoms with Crippen LogP contribution in [0.1, 0.15) is 21.5 Å². The maximum atomic E-state index is 12.9. The van der Waals surface area contributed by atoms with Crippen LogP contribution in [-0.2, 0) is 10.5 Å². The average Bonchev–Trinajstić information content (AvgIpc) is 3.20. The van der Waals surface area contributed by atoms with Gasteiger partial charge in [0.05, 0.1) is 13.2 Å². The summed E-state index contributed by atoms with van der Waals surface area (Å²) in [5, 5.41) is 0. The fraction of sp³-hybridized carbons (Fsp3) is 0.208. The zero-order chi connectivity index (χ0) is 19.7. The fourth-order valence-electron chi connectivity index (χ4n) is 3.80. The number of carbonyl (C=O) groups excluding carboxylic acids is 1. The molecule has 1 saturated heterocycles. The van der Waals surface area contributed by atoms with Crippen LogP contribution in [0.25, 0.3) is 0 Å². The molecule has 0 saturated carbocycles. The summed E-state index contributed by atoms with van der Waals surface area (Å²) in [7, 11) is 0. The Kier molecular flexibility index (Phi) is 4.45. The number of rotatable bonds is 3. The van der Waals surface area contributed by atoms with Crippen molar-refractivity contribution in [3.8, 4) is 11.5 Å². The third-order valence-electron chi connectivity index (χ3n) is 5.30. The van der Waals surface area contributed by atoms with Crippen LogP contribution in [0.15, 0.2) is 78.9 Å². The number of fused-ring (bicyclic) bond motifs is 1. The molecule has 1 fully saturated rings. The van der Waals surface area contributed by atoms with Gasteiger partial charge in [0.1, 0.15) is 0 Å². The minimum atomic E-state index is -1.08. The number of hydrogen-bond donors (Lipinski definition) is 0. The third-order valence-corrected chi connectivity index (χ3v) is 5.30. The number of benzene rings is 3. The van der Waals surface area contributed by atoms with Crippen molar-refractivity contribution in [2.24, 2.45) is 0 Å². The van der Waals surface area contributed by atoms with Crippen LogP contribution in [0, 0.1) is 0 Å². The molecule has 0 spiro atoms. The van der Waals surface area contributed by atoms with Gasteiger partial charge >= 0.3 is 5.79 Å². The van der Waals surface area contributed by atoms with E-state index in [2.05, 4.69) is 0 Å². The molecule has 5 rings (SSSR count). The number of ether oxygens (including phenoxy) is 3. The first-order chi connectivity index (χ1) is 14.3. The molecule has 5 heteroatoms. The van der Waals surface area contributed by atoms with Crippen molar-refractivity contribution >= 4 is 5.91 Å². The van der Waals surface area contributed by atoms with Gasteiger partial charge in [0, 0.05) is 29.8 Å². The zero-order valence-electron chi connectivity index (χ0n) is 15.9. The molecule has 5 nitrogen and oxygen atoms in total. The van der Waals surface area contributed by atoms with Crippen molar-refractivity contribution < 1.29 is 19.0 Å². The van der Waals surface area contributed by atoms with Gasteiger partial charge in [-0.1, -0.05) is 60.7 Å². The van der Waals surface area contributed by atoms with E-state index in [-0.39, 0.29) is 5.91 Å². The Bertz CT molecular complexity index is 974. The molecule has 2 aliphatic heterocycles. The van der Waals surface area contributed by atoms with Gasteiger partial charge in [-0.05, 0) is 18.2 Å². The van der Waals surface area contributed by atoms with Crippen molar-refractivity contribution in [2.45, 2.75) is 5.79 Å². The standard InChI is InChI=1S/C24H21NO4/c26-23(25-13-15-27-16-14-25)18-11-12-21-22(17-18)29-24(28-21,19-7-3-1-4-8-19)20-9-5-2-6-10-20/h1-12,17H,13-16H2. The van der Waals surface area contributed by atoms with E-state index in [0.717, 1.165) is 11.1 Å². The Morgan fingerprint density at radius 1 is 0.759 bits per heavy atom. The fourth-order valence-corrected chi connectivity index (χ4v) is 3.80. The molecule has 146 valence electrons. The molecule has 0 aromatic heterocycles. The highest BCUT2D eigenvalue weighted by molar-refractivity contribution is 5.95. The SMILES string of the molecule is O=C(c1ccc2c(c1)OC(c1ccccc1)(c1ccccc1)O2)N1CCOCC1. The Balaban J connectivity index is 1.52. The smallest absolute Gasteiger partial charge is 0.305 e. The predicted octanol–water partition coefficient (Wildman–Crippen LogP) is 3.83. The van der Waals surface area contributed by atoms with E-state index in [4.69, 9.17) is 14.2 Å². The van der Waals surface area contributed by atoms with E-state index in [1.165, 1.54) is 0 Å². The van der Waals surface area contributed by atoms with E-state index in [1.807, 2.05) is 71.6 Å². The van der Waals surface area contributed by atoms with Gasteiger partial charge in [0.15, 0.2) is 11.5 Å². The second kappa shape index (κ2) is 7.26. The minimum Gasteiger partial charge on any atom is -0.440 e. The summed E-state index contributed by atoms with van der Waals surface area (Å²) < 4.78 is 18.2. The number of hydrogen-bond acceptors (Lipinski definition) is 4. The van der Waals surface area contributed by atoms with Gasteiger partial charge < -0.3 is 19.1 Å². The van der Waals surface area contributed by atoms with Crippen LogP contribution in [0.4, 0.5) is 0 Å². The average molecular weight is 387 g/mol. The molecule has 3 aromatic rings. The highest BCUT2D eigenvalue weighted by atomic mass is 16.7. The van der Waals surface area contributed by atoms with Gasteiger partial charge in [-0.2, -0.15) is 0 Å². The summed E-state index contributed by atoms with van der Waals surface area (Å²) in [6.07, 6.45) is 0. The van der Waals surface area contributed by atoms with Crippen LogP contribution < -0.4 is 9.47 Å². The first-order valence-corrected chi connectivity index (χ1v) is 9.76. The summed E-state index contributed by atoms with van der Waals surface area (Å²) in [4.78, 5) is 14.7. The lowest BCUT2D eigenvalue weighted by molar-refractivity contribution is -0.0459. The molecular weight excluding hydrogens is 366 g/mol. The Morgan fingerprint density at radius 3 is 1.97 bits per heavy atom. The molecule has 0 atom stereocenters. The molecule has 2 aliphatic rings. The second-order valence-corrected chi connectivity index (χ2v) is 7.12. The number of nitrogens with zero attached hydrogens (tertiary/aromatic N) is 1. The van der Waals surface area contributed by atoms with Gasteiger partial charge in [-0.15, -0.1) is 0 Å². The summed E-state index contributed by atoms with van der Waals surface area (Å²) in [5.74, 6) is 0.0931. The molecule has 0 bridgehead atoms. The maximum Gasteiger partial charge on any atom is 0.305 e. The van der Waals surface area contributed by atoms with E-state index >= 15 is 0 Å². The van der Waals surface area contributed by atoms with Crippen LogP contribution in [0.2, 0.25) is 0 Å². The maximum absolute atomic E-state index is 12.9. The zero-order valence-corrected chi connectivity index (χ0v) is 15.9. The third kappa shape index (κ3) is 3.13. The van der Waals surface area contributed by atoms with Crippen LogP contribution in [0.5, 0.6) is 11.5 Å². The van der Waals surface area contributed by atoms with Gasteiger partial charge in [0.2, 0.25) is 0 Å². The molecule has 0 unspecified atom stereocenters. The first kappa shape index (κ1) is 17.8. The number of amides is 1. The molecule has 29 heavy (non-hydrogen) atoms. The molecule has 3 aromatic carbocycles. The molecule has 0 aliphatic carbocycles. The highest BCUT2D eigenvalue weighted by Gasteiger charge is 2.45. The van der Waals surface area contributed by atoms with Crippen LogP contribution in [0.3, 0.4) is 0 Å². The highest BCUT2D eigenvalue weighted by Crippen LogP contribution is 2.47. The summed E-state index contributed by atoms with van der Waals surface area (Å²) in [5.41, 5.74) is 2.37. The van der Waals surface area contributed by atoms with Crippen molar-refractivity contribution in [3.05, 3.63) is 95.6 Å². The Labute approximate surface area is 169 Å². The van der Waals surface area contributed by atoms with Gasteiger partial charge in [-0.3, -0.25) is 4.79 Å². The summed E-state index contributed by atoms with van der Waals surface area (Å²) in [6, 6.07) is 25.1. The van der Waals surface area contributed by atoms with E-state index in [1.54, 1.807) is 12.1 Å². The van der Waals surface area contributed by atoms with Crippen molar-refractivity contribution in [3.63, 3.8) is 0 Å². The summed E-state index contributed by atoms with van der Waals surface area (Å²) >= 11 is 0. The van der Waals surface area contributed by atoms with Crippen molar-refractivity contribution in [1.29, 1.82) is 0 Å². The second-order valence-electron chi connectivity index (χ2n) is 7.12. The Morgan fingerprint density at radius 2 is 1.34 bits per heavy atom. The lowest BCUT2D eigenvalue weighted by Crippen LogP contribution is -2.40. The van der Waals surface area contributed by atoms with E-state index < -0.39 is 5.79 Å². The van der Waals surface area contributed by atoms with Crippen LogP contribution >= 0.6 is 0 Å². The summed E-state index contributed by atoms with van der Waals surface area (Å²) in [6.45, 7) is 2.35. The molecule has 0 radical (unpaired) electrons. The molecule has 1 amide bonds. The van der Waals surface area contributed by atoms with Gasteiger partial charge in [0.25, 0.3) is 5.91 Å². The monoisotopic (exact) mass is 387 g/mol. The van der Waals surface area contributed by atoms with E-state index in [0.29, 0.717) is 43.4 Å². The van der Waals surface area contributed by atoms with Crippen LogP contribution in [-0.4, -0.2) is 37.1 Å². The normalized spacial score (nSPS) is 17.2. The lowest BCUT2D eigenvalue weighted by atomic mass is 9.97.